The number of pyridine rings is 1. The molecule has 0 saturated heterocycles. The van der Waals surface area contributed by atoms with E-state index in [1.165, 1.54) is 10.9 Å². The lowest BCUT2D eigenvalue weighted by Crippen LogP contribution is -2.29. The number of rotatable bonds is 5. The highest BCUT2D eigenvalue weighted by atomic mass is 16.2. The van der Waals surface area contributed by atoms with Crippen molar-refractivity contribution in [2.24, 2.45) is 5.10 Å². The van der Waals surface area contributed by atoms with Crippen molar-refractivity contribution in [1.82, 2.24) is 20.2 Å². The smallest absolute Gasteiger partial charge is 0.267 e. The third kappa shape index (κ3) is 4.08. The van der Waals surface area contributed by atoms with Gasteiger partial charge < -0.3 is 0 Å². The Morgan fingerprint density at radius 3 is 2.41 bits per heavy atom. The molecule has 0 aliphatic carbocycles. The van der Waals surface area contributed by atoms with Crippen LogP contribution >= 0.6 is 0 Å². The lowest BCUT2D eigenvalue weighted by atomic mass is 10.1. The molecule has 2 aromatic carbocycles. The average Bonchev–Trinajstić information content (AvgIpc) is 2.77. The molecule has 2 aromatic heterocycles. The summed E-state index contributed by atoms with van der Waals surface area (Å²) in [6, 6.07) is 20.0. The number of benzene rings is 2. The molecule has 0 fully saturated rings. The quantitative estimate of drug-likeness (QED) is 0.424. The topological polar surface area (TPSA) is 89.2 Å². The van der Waals surface area contributed by atoms with E-state index in [-0.39, 0.29) is 17.8 Å². The molecule has 0 atom stereocenters. The number of carbonyl (C=O) groups is 1. The van der Waals surface area contributed by atoms with Crippen molar-refractivity contribution in [3.8, 4) is 0 Å². The number of fused-ring (bicyclic) bond motifs is 1. The maximum absolute atomic E-state index is 12.8. The van der Waals surface area contributed by atoms with E-state index in [1.54, 1.807) is 48.8 Å². The van der Waals surface area contributed by atoms with Crippen LogP contribution in [0.25, 0.3) is 10.8 Å². The predicted molar refractivity (Wildman–Crippen MR) is 111 cm³/mol. The zero-order valence-electron chi connectivity index (χ0n) is 15.4. The SMILES string of the molecule is O=C(NN=Cc1ccncc1)c1nn(Cc2ccccc2)c(=O)c2ccccc12. The van der Waals surface area contributed by atoms with Crippen molar-refractivity contribution in [3.05, 3.63) is 106 Å². The Morgan fingerprint density at radius 1 is 0.966 bits per heavy atom. The standard InChI is InChI=1S/C22H17N5O2/c28-21(25-24-14-16-10-12-23-13-11-16)20-18-8-4-5-9-19(18)22(29)27(26-20)15-17-6-2-1-3-7-17/h1-14H,15H2,(H,25,28). The van der Waals surface area contributed by atoms with Gasteiger partial charge in [0.05, 0.1) is 18.1 Å². The van der Waals surface area contributed by atoms with Crippen LogP contribution in [0.3, 0.4) is 0 Å². The number of nitrogens with one attached hydrogen (secondary N) is 1. The fourth-order valence-corrected chi connectivity index (χ4v) is 2.93. The monoisotopic (exact) mass is 383 g/mol. The fourth-order valence-electron chi connectivity index (χ4n) is 2.93. The van der Waals surface area contributed by atoms with Gasteiger partial charge >= 0.3 is 0 Å². The number of hydrogen-bond acceptors (Lipinski definition) is 5. The van der Waals surface area contributed by atoms with E-state index >= 15 is 0 Å². The van der Waals surface area contributed by atoms with E-state index in [0.29, 0.717) is 10.8 Å². The molecule has 7 heteroatoms. The number of amides is 1. The summed E-state index contributed by atoms with van der Waals surface area (Å²) in [5.41, 5.74) is 4.09. The molecule has 0 aliphatic heterocycles. The van der Waals surface area contributed by atoms with Crippen LogP contribution in [0.1, 0.15) is 21.6 Å². The molecule has 1 N–H and O–H groups in total. The summed E-state index contributed by atoms with van der Waals surface area (Å²) in [6.45, 7) is 0.269. The summed E-state index contributed by atoms with van der Waals surface area (Å²) >= 11 is 0. The van der Waals surface area contributed by atoms with Crippen LogP contribution in [-0.2, 0) is 6.54 Å². The first-order chi connectivity index (χ1) is 14.2. The van der Waals surface area contributed by atoms with Crippen molar-refractivity contribution in [1.29, 1.82) is 0 Å². The van der Waals surface area contributed by atoms with Crippen molar-refractivity contribution in [2.45, 2.75) is 6.54 Å². The van der Waals surface area contributed by atoms with Gasteiger partial charge in [-0.25, -0.2) is 10.1 Å². The maximum Gasteiger partial charge on any atom is 0.292 e. The number of hydrogen-bond donors (Lipinski definition) is 1. The van der Waals surface area contributed by atoms with Gasteiger partial charge in [-0.1, -0.05) is 48.5 Å². The Morgan fingerprint density at radius 2 is 1.66 bits per heavy atom. The molecule has 4 rings (SSSR count). The molecule has 29 heavy (non-hydrogen) atoms. The minimum Gasteiger partial charge on any atom is -0.267 e. The number of hydrazone groups is 1. The average molecular weight is 383 g/mol. The van der Waals surface area contributed by atoms with Crippen molar-refractivity contribution < 1.29 is 4.79 Å². The van der Waals surface area contributed by atoms with Crippen LogP contribution in [-0.4, -0.2) is 26.9 Å². The minimum absolute atomic E-state index is 0.142. The largest absolute Gasteiger partial charge is 0.292 e. The van der Waals surface area contributed by atoms with E-state index in [0.717, 1.165) is 11.1 Å². The highest BCUT2D eigenvalue weighted by Crippen LogP contribution is 2.14. The molecule has 0 saturated carbocycles. The van der Waals surface area contributed by atoms with E-state index in [2.05, 4.69) is 20.6 Å². The van der Waals surface area contributed by atoms with Crippen LogP contribution < -0.4 is 11.0 Å². The van der Waals surface area contributed by atoms with Crippen LogP contribution in [0.4, 0.5) is 0 Å². The predicted octanol–water partition coefficient (Wildman–Crippen LogP) is 2.60. The first-order valence-corrected chi connectivity index (χ1v) is 8.99. The van der Waals surface area contributed by atoms with Crippen LogP contribution in [0.15, 0.2) is 89.0 Å². The summed E-state index contributed by atoms with van der Waals surface area (Å²) in [7, 11) is 0. The number of nitrogens with zero attached hydrogens (tertiary/aromatic N) is 4. The highest BCUT2D eigenvalue weighted by Gasteiger charge is 2.16. The molecule has 142 valence electrons. The summed E-state index contributed by atoms with van der Waals surface area (Å²) in [5.74, 6) is -0.492. The van der Waals surface area contributed by atoms with Gasteiger partial charge in [-0.3, -0.25) is 14.6 Å². The summed E-state index contributed by atoms with van der Waals surface area (Å²) < 4.78 is 1.30. The Bertz CT molecular complexity index is 1230. The second kappa shape index (κ2) is 8.26. The highest BCUT2D eigenvalue weighted by molar-refractivity contribution is 6.04. The second-order valence-corrected chi connectivity index (χ2v) is 6.32. The molecule has 7 nitrogen and oxygen atoms in total. The molecule has 0 radical (unpaired) electrons. The van der Waals surface area contributed by atoms with Crippen molar-refractivity contribution in [3.63, 3.8) is 0 Å². The van der Waals surface area contributed by atoms with Crippen LogP contribution in [0.5, 0.6) is 0 Å². The number of aromatic nitrogens is 3. The number of carbonyl (C=O) groups excluding carboxylic acids is 1. The third-order valence-electron chi connectivity index (χ3n) is 4.34. The molecule has 0 bridgehead atoms. The maximum atomic E-state index is 12.8. The molecular formula is C22H17N5O2. The molecule has 1 amide bonds. The fraction of sp³-hybridized carbons (Fsp3) is 0.0455. The Kier molecular flexibility index (Phi) is 5.20. The molecule has 4 aromatic rings. The Hall–Kier alpha value is -4.13. The lowest BCUT2D eigenvalue weighted by molar-refractivity contribution is 0.0949. The second-order valence-electron chi connectivity index (χ2n) is 6.32. The summed E-state index contributed by atoms with van der Waals surface area (Å²) in [5, 5.41) is 9.23. The van der Waals surface area contributed by atoms with Gasteiger partial charge in [0, 0.05) is 17.8 Å². The normalized spacial score (nSPS) is 11.0. The first-order valence-electron chi connectivity index (χ1n) is 8.99. The van der Waals surface area contributed by atoms with Gasteiger partial charge in [-0.15, -0.1) is 0 Å². The van der Waals surface area contributed by atoms with E-state index in [1.807, 2.05) is 30.3 Å². The molecule has 0 spiro atoms. The van der Waals surface area contributed by atoms with Gasteiger partial charge in [-0.05, 0) is 29.3 Å². The zero-order valence-corrected chi connectivity index (χ0v) is 15.4. The molecular weight excluding hydrogens is 366 g/mol. The zero-order chi connectivity index (χ0) is 20.1. The van der Waals surface area contributed by atoms with E-state index in [9.17, 15) is 9.59 Å². The van der Waals surface area contributed by atoms with Gasteiger partial charge in [0.1, 0.15) is 0 Å². The summed E-state index contributed by atoms with van der Waals surface area (Å²) in [4.78, 5) is 29.5. The van der Waals surface area contributed by atoms with Gasteiger partial charge in [0.2, 0.25) is 0 Å². The van der Waals surface area contributed by atoms with Crippen LogP contribution in [0.2, 0.25) is 0 Å². The van der Waals surface area contributed by atoms with E-state index < -0.39 is 5.91 Å². The van der Waals surface area contributed by atoms with Gasteiger partial charge in [0.25, 0.3) is 11.5 Å². The van der Waals surface area contributed by atoms with Crippen molar-refractivity contribution >= 4 is 22.9 Å². The molecule has 0 aliphatic rings. The third-order valence-corrected chi connectivity index (χ3v) is 4.34. The van der Waals surface area contributed by atoms with Crippen molar-refractivity contribution in [2.75, 3.05) is 0 Å². The van der Waals surface area contributed by atoms with Gasteiger partial charge in [-0.2, -0.15) is 10.2 Å². The lowest BCUT2D eigenvalue weighted by Gasteiger charge is -2.10. The first kappa shape index (κ1) is 18.2. The van der Waals surface area contributed by atoms with Crippen LogP contribution in [0, 0.1) is 0 Å². The molecule has 0 unspecified atom stereocenters. The molecule has 2 heterocycles. The summed E-state index contributed by atoms with van der Waals surface area (Å²) in [6.07, 6.45) is 4.79. The Balaban J connectivity index is 1.69. The van der Waals surface area contributed by atoms with E-state index in [4.69, 9.17) is 0 Å². The minimum atomic E-state index is -0.492. The van der Waals surface area contributed by atoms with Gasteiger partial charge in [0.15, 0.2) is 5.69 Å². The Labute approximate surface area is 166 Å².